The Kier molecular flexibility index (Phi) is 7.50. The molecule has 3 nitrogen and oxygen atoms in total. The van der Waals surface area contributed by atoms with E-state index in [2.05, 4.69) is 11.9 Å². The fraction of sp³-hybridized carbons (Fsp3) is 0.167. The minimum atomic E-state index is -0.0557. The molecule has 0 heterocycles. The number of rotatable bonds is 8. The largest absolute Gasteiger partial charge is 0.490 e. The van der Waals surface area contributed by atoms with E-state index < -0.39 is 0 Å². The van der Waals surface area contributed by atoms with Crippen molar-refractivity contribution in [1.29, 1.82) is 0 Å². The van der Waals surface area contributed by atoms with Crippen molar-refractivity contribution < 1.29 is 9.53 Å². The van der Waals surface area contributed by atoms with Gasteiger partial charge in [-0.05, 0) is 42.0 Å². The number of ether oxygens (including phenoxy) is 1. The highest BCUT2D eigenvalue weighted by Gasteiger charge is 2.05. The first-order valence-corrected chi connectivity index (χ1v) is 9.15. The summed E-state index contributed by atoms with van der Waals surface area (Å²) in [6.07, 6.45) is 1.68. The van der Waals surface area contributed by atoms with Gasteiger partial charge in [-0.2, -0.15) is 0 Å². The number of amides is 1. The standard InChI is InChI=1S/C18H17Cl2NO2S/c1-2-9-23-15-6-4-14(5-7-15)21-18(22)12-24-11-13-3-8-16(19)17(20)10-13/h2-8,10H,1,9,11-12H2,(H,21,22). The minimum Gasteiger partial charge on any atom is -0.490 e. The number of nitrogens with one attached hydrogen (secondary N) is 1. The molecule has 0 atom stereocenters. The molecule has 24 heavy (non-hydrogen) atoms. The number of hydrogen-bond donors (Lipinski definition) is 1. The molecule has 1 N–H and O–H groups in total. The van der Waals surface area contributed by atoms with Crippen LogP contribution in [0.15, 0.2) is 55.1 Å². The Morgan fingerprint density at radius 1 is 1.17 bits per heavy atom. The highest BCUT2D eigenvalue weighted by Crippen LogP contribution is 2.24. The fourth-order valence-electron chi connectivity index (χ4n) is 1.88. The van der Waals surface area contributed by atoms with Crippen LogP contribution < -0.4 is 10.1 Å². The normalized spacial score (nSPS) is 10.2. The summed E-state index contributed by atoms with van der Waals surface area (Å²) in [6, 6.07) is 12.7. The Morgan fingerprint density at radius 3 is 2.58 bits per heavy atom. The molecule has 0 radical (unpaired) electrons. The summed E-state index contributed by atoms with van der Waals surface area (Å²) in [6.45, 7) is 4.05. The molecule has 0 aliphatic rings. The van der Waals surface area contributed by atoms with Crippen molar-refractivity contribution in [2.45, 2.75) is 5.75 Å². The minimum absolute atomic E-state index is 0.0557. The van der Waals surface area contributed by atoms with Gasteiger partial charge in [-0.25, -0.2) is 0 Å². The maximum atomic E-state index is 12.0. The van der Waals surface area contributed by atoms with E-state index in [-0.39, 0.29) is 5.91 Å². The first-order chi connectivity index (χ1) is 11.6. The predicted octanol–water partition coefficient (Wildman–Crippen LogP) is 5.43. The number of carbonyl (C=O) groups excluding carboxylic acids is 1. The van der Waals surface area contributed by atoms with Crippen LogP contribution in [-0.4, -0.2) is 18.3 Å². The topological polar surface area (TPSA) is 38.3 Å². The molecule has 0 aromatic heterocycles. The SMILES string of the molecule is C=CCOc1ccc(NC(=O)CSCc2ccc(Cl)c(Cl)c2)cc1. The van der Waals surface area contributed by atoms with Crippen LogP contribution in [0.1, 0.15) is 5.56 Å². The third kappa shape index (κ3) is 6.11. The first-order valence-electron chi connectivity index (χ1n) is 7.24. The molecule has 0 unspecified atom stereocenters. The van der Waals surface area contributed by atoms with Gasteiger partial charge in [-0.1, -0.05) is 41.9 Å². The van der Waals surface area contributed by atoms with Crippen LogP contribution in [0.4, 0.5) is 5.69 Å². The van der Waals surface area contributed by atoms with Gasteiger partial charge >= 0.3 is 0 Å². The lowest BCUT2D eigenvalue weighted by atomic mass is 10.2. The lowest BCUT2D eigenvalue weighted by Crippen LogP contribution is -2.14. The highest BCUT2D eigenvalue weighted by molar-refractivity contribution is 7.99. The number of anilines is 1. The maximum absolute atomic E-state index is 12.0. The first kappa shape index (κ1) is 18.7. The Hall–Kier alpha value is -1.62. The molecule has 0 spiro atoms. The number of halogens is 2. The van der Waals surface area contributed by atoms with Gasteiger partial charge in [0.2, 0.25) is 5.91 Å². The molecule has 2 rings (SSSR count). The van der Waals surface area contributed by atoms with Gasteiger partial charge in [0, 0.05) is 11.4 Å². The summed E-state index contributed by atoms with van der Waals surface area (Å²) in [4.78, 5) is 12.0. The monoisotopic (exact) mass is 381 g/mol. The smallest absolute Gasteiger partial charge is 0.234 e. The van der Waals surface area contributed by atoms with E-state index in [1.54, 1.807) is 24.3 Å². The van der Waals surface area contributed by atoms with Gasteiger partial charge in [-0.3, -0.25) is 4.79 Å². The lowest BCUT2D eigenvalue weighted by molar-refractivity contribution is -0.113. The summed E-state index contributed by atoms with van der Waals surface area (Å²) in [5, 5.41) is 3.91. The molecule has 6 heteroatoms. The molecule has 0 fully saturated rings. The van der Waals surface area contributed by atoms with Gasteiger partial charge in [0.15, 0.2) is 0 Å². The second kappa shape index (κ2) is 9.62. The van der Waals surface area contributed by atoms with Crippen molar-refractivity contribution in [3.63, 3.8) is 0 Å². The van der Waals surface area contributed by atoms with Crippen molar-refractivity contribution in [1.82, 2.24) is 0 Å². The molecule has 0 bridgehead atoms. The average molecular weight is 382 g/mol. The molecular weight excluding hydrogens is 365 g/mol. The van der Waals surface area contributed by atoms with Crippen LogP contribution in [0.25, 0.3) is 0 Å². The Labute approximate surface area is 156 Å². The van der Waals surface area contributed by atoms with E-state index in [4.69, 9.17) is 27.9 Å². The Morgan fingerprint density at radius 2 is 1.92 bits per heavy atom. The van der Waals surface area contributed by atoms with Crippen LogP contribution in [-0.2, 0) is 10.5 Å². The van der Waals surface area contributed by atoms with E-state index in [9.17, 15) is 4.79 Å². The second-order valence-corrected chi connectivity index (χ2v) is 6.71. The zero-order valence-electron chi connectivity index (χ0n) is 12.9. The predicted molar refractivity (Wildman–Crippen MR) is 103 cm³/mol. The fourth-order valence-corrected chi connectivity index (χ4v) is 2.97. The van der Waals surface area contributed by atoms with Crippen molar-refractivity contribution in [2.24, 2.45) is 0 Å². The van der Waals surface area contributed by atoms with Crippen molar-refractivity contribution in [3.8, 4) is 5.75 Å². The lowest BCUT2D eigenvalue weighted by Gasteiger charge is -2.07. The molecule has 0 saturated heterocycles. The van der Waals surface area contributed by atoms with E-state index in [1.807, 2.05) is 24.3 Å². The summed E-state index contributed by atoms with van der Waals surface area (Å²) in [5.41, 5.74) is 1.77. The second-order valence-electron chi connectivity index (χ2n) is 4.91. The van der Waals surface area contributed by atoms with Crippen molar-refractivity contribution in [3.05, 3.63) is 70.7 Å². The molecular formula is C18H17Cl2NO2S. The van der Waals surface area contributed by atoms with E-state index in [0.717, 1.165) is 17.0 Å². The van der Waals surface area contributed by atoms with E-state index in [0.29, 0.717) is 28.2 Å². The maximum Gasteiger partial charge on any atom is 0.234 e. The molecule has 0 aliphatic heterocycles. The number of benzene rings is 2. The van der Waals surface area contributed by atoms with Crippen molar-refractivity contribution in [2.75, 3.05) is 17.7 Å². The van der Waals surface area contributed by atoms with Crippen LogP contribution in [0.2, 0.25) is 10.0 Å². The van der Waals surface area contributed by atoms with Gasteiger partial charge in [0.1, 0.15) is 12.4 Å². The zero-order chi connectivity index (χ0) is 17.4. The Bertz CT molecular complexity index is 705. The van der Waals surface area contributed by atoms with E-state index in [1.165, 1.54) is 11.8 Å². The molecule has 0 aliphatic carbocycles. The molecule has 0 saturated carbocycles. The highest BCUT2D eigenvalue weighted by atomic mass is 35.5. The third-order valence-electron chi connectivity index (χ3n) is 2.99. The van der Waals surface area contributed by atoms with Crippen molar-refractivity contribution >= 4 is 46.6 Å². The van der Waals surface area contributed by atoms with Gasteiger partial charge < -0.3 is 10.1 Å². The van der Waals surface area contributed by atoms with Crippen LogP contribution in [0.3, 0.4) is 0 Å². The molecule has 126 valence electrons. The summed E-state index contributed by atoms with van der Waals surface area (Å²) >= 11 is 13.4. The number of carbonyl (C=O) groups is 1. The van der Waals surface area contributed by atoms with Gasteiger partial charge in [0.05, 0.1) is 15.8 Å². The quantitative estimate of drug-likeness (QED) is 0.619. The summed E-state index contributed by atoms with van der Waals surface area (Å²) in [5.74, 6) is 1.73. The number of hydrogen-bond acceptors (Lipinski definition) is 3. The van der Waals surface area contributed by atoms with Gasteiger partial charge in [0.25, 0.3) is 0 Å². The molecule has 1 amide bonds. The summed E-state index contributed by atoms with van der Waals surface area (Å²) in [7, 11) is 0. The number of thioether (sulfide) groups is 1. The van der Waals surface area contributed by atoms with Crippen LogP contribution >= 0.6 is 35.0 Å². The zero-order valence-corrected chi connectivity index (χ0v) is 15.3. The van der Waals surface area contributed by atoms with E-state index >= 15 is 0 Å². The molecule has 2 aromatic carbocycles. The third-order valence-corrected chi connectivity index (χ3v) is 4.73. The van der Waals surface area contributed by atoms with Gasteiger partial charge in [-0.15, -0.1) is 11.8 Å². The average Bonchev–Trinajstić information content (AvgIpc) is 2.57. The Balaban J connectivity index is 1.76. The van der Waals surface area contributed by atoms with Crippen LogP contribution in [0, 0.1) is 0 Å². The molecule has 2 aromatic rings. The van der Waals surface area contributed by atoms with Crippen LogP contribution in [0.5, 0.6) is 5.75 Å². The summed E-state index contributed by atoms with van der Waals surface area (Å²) < 4.78 is 5.39.